The molecule has 1 aliphatic heterocycles. The van der Waals surface area contributed by atoms with Crippen LogP contribution in [-0.2, 0) is 22.3 Å². The minimum Gasteiger partial charge on any atom is -0.465 e. The number of halogens is 2. The smallest absolute Gasteiger partial charge is 0.404 e. The van der Waals surface area contributed by atoms with Crippen molar-refractivity contribution in [3.63, 3.8) is 0 Å². The number of benzene rings is 2. The first-order valence-electron chi connectivity index (χ1n) is 11.3. The molecule has 1 amide bonds. The minimum absolute atomic E-state index is 0.0397. The van der Waals surface area contributed by atoms with Crippen molar-refractivity contribution in [3.8, 4) is 0 Å². The number of aliphatic hydroxyl groups is 1. The Morgan fingerprint density at radius 1 is 1.12 bits per heavy atom. The van der Waals surface area contributed by atoms with Crippen molar-refractivity contribution in [2.24, 2.45) is 0 Å². The summed E-state index contributed by atoms with van der Waals surface area (Å²) in [5.74, 6) is -1.49. The number of nitrogens with one attached hydrogen (secondary N) is 2. The predicted molar refractivity (Wildman–Crippen MR) is 119 cm³/mol. The fourth-order valence-electron chi connectivity index (χ4n) is 4.71. The maximum absolute atomic E-state index is 13.6. The number of carboxylic acid groups (broad SMARTS) is 1. The van der Waals surface area contributed by atoms with E-state index in [4.69, 9.17) is 4.74 Å². The number of hydrogen-bond acceptors (Lipinski definition) is 4. The molecule has 1 saturated carbocycles. The standard InChI is InChI=1S/C25H30F2N2O4/c1-24(6-3-9-33-24)17-4-2-5-18(13-17)25(7-8-25)28-15-22(30)21(29-23(31)32)12-16-10-19(26)14-20(27)11-16/h2,4-5,10-11,13-14,21-22,28-30H,3,6-9,12,15H2,1H3,(H,31,32). The van der Waals surface area contributed by atoms with Crippen LogP contribution >= 0.6 is 0 Å². The van der Waals surface area contributed by atoms with Crippen molar-refractivity contribution >= 4 is 6.09 Å². The SMILES string of the molecule is CC1(c2cccc(C3(NCC(O)C(Cc4cc(F)cc(F)c4)NC(=O)O)CC3)c2)CCCO1. The highest BCUT2D eigenvalue weighted by Gasteiger charge is 2.45. The first-order valence-corrected chi connectivity index (χ1v) is 11.3. The Morgan fingerprint density at radius 3 is 2.42 bits per heavy atom. The molecular formula is C25H30F2N2O4. The molecule has 1 aliphatic carbocycles. The largest absolute Gasteiger partial charge is 0.465 e. The molecular weight excluding hydrogens is 430 g/mol. The molecule has 4 rings (SSSR count). The van der Waals surface area contributed by atoms with Gasteiger partial charge >= 0.3 is 6.09 Å². The van der Waals surface area contributed by atoms with E-state index in [0.717, 1.165) is 61.6 Å². The molecule has 0 radical (unpaired) electrons. The van der Waals surface area contributed by atoms with E-state index >= 15 is 0 Å². The number of aliphatic hydroxyl groups excluding tert-OH is 1. The molecule has 0 aromatic heterocycles. The lowest BCUT2D eigenvalue weighted by molar-refractivity contribution is 0.0167. The summed E-state index contributed by atoms with van der Waals surface area (Å²) in [4.78, 5) is 11.3. The third kappa shape index (κ3) is 5.51. The van der Waals surface area contributed by atoms with Gasteiger partial charge in [-0.25, -0.2) is 13.6 Å². The maximum Gasteiger partial charge on any atom is 0.404 e. The lowest BCUT2D eigenvalue weighted by atomic mass is 9.90. The molecule has 2 aliphatic rings. The quantitative estimate of drug-likeness (QED) is 0.457. The highest BCUT2D eigenvalue weighted by molar-refractivity contribution is 5.65. The summed E-state index contributed by atoms with van der Waals surface area (Å²) in [6.45, 7) is 2.98. The van der Waals surface area contributed by atoms with Crippen LogP contribution in [0.25, 0.3) is 0 Å². The van der Waals surface area contributed by atoms with Gasteiger partial charge in [0.2, 0.25) is 0 Å². The molecule has 0 bridgehead atoms. The van der Waals surface area contributed by atoms with Crippen molar-refractivity contribution < 1.29 is 28.5 Å². The summed E-state index contributed by atoms with van der Waals surface area (Å²) in [7, 11) is 0. The van der Waals surface area contributed by atoms with Crippen LogP contribution < -0.4 is 10.6 Å². The summed E-state index contributed by atoms with van der Waals surface area (Å²) in [5, 5.41) is 25.6. The number of rotatable bonds is 9. The molecule has 2 aromatic rings. The van der Waals surface area contributed by atoms with E-state index in [0.29, 0.717) is 0 Å². The highest BCUT2D eigenvalue weighted by Crippen LogP contribution is 2.47. The van der Waals surface area contributed by atoms with Gasteiger partial charge in [0.1, 0.15) is 11.6 Å². The number of amides is 1. The summed E-state index contributed by atoms with van der Waals surface area (Å²) in [6.07, 6.45) is 1.35. The van der Waals surface area contributed by atoms with Crippen molar-refractivity contribution in [2.75, 3.05) is 13.2 Å². The maximum atomic E-state index is 13.6. The lowest BCUT2D eigenvalue weighted by Gasteiger charge is -2.28. The van der Waals surface area contributed by atoms with Gasteiger partial charge in [0.15, 0.2) is 0 Å². The third-order valence-corrected chi connectivity index (χ3v) is 6.80. The Kier molecular flexibility index (Phi) is 6.70. The van der Waals surface area contributed by atoms with Crippen LogP contribution in [0.1, 0.15) is 49.3 Å². The molecule has 3 atom stereocenters. The van der Waals surface area contributed by atoms with Gasteiger partial charge < -0.3 is 25.6 Å². The molecule has 3 unspecified atom stereocenters. The molecule has 1 heterocycles. The summed E-state index contributed by atoms with van der Waals surface area (Å²) in [6, 6.07) is 10.4. The number of hydrogen-bond donors (Lipinski definition) is 4. The monoisotopic (exact) mass is 460 g/mol. The van der Waals surface area contributed by atoms with Crippen LogP contribution in [0.2, 0.25) is 0 Å². The fraction of sp³-hybridized carbons (Fsp3) is 0.480. The molecule has 2 fully saturated rings. The van der Waals surface area contributed by atoms with E-state index in [1.807, 2.05) is 6.07 Å². The zero-order valence-corrected chi connectivity index (χ0v) is 18.6. The van der Waals surface area contributed by atoms with Gasteiger partial charge in [-0.3, -0.25) is 0 Å². The van der Waals surface area contributed by atoms with Crippen LogP contribution in [0.4, 0.5) is 13.6 Å². The van der Waals surface area contributed by atoms with E-state index in [1.54, 1.807) is 0 Å². The van der Waals surface area contributed by atoms with E-state index in [9.17, 15) is 23.8 Å². The number of carbonyl (C=O) groups is 1. The summed E-state index contributed by atoms with van der Waals surface area (Å²) in [5.41, 5.74) is 1.93. The second kappa shape index (κ2) is 9.37. The predicted octanol–water partition coefficient (Wildman–Crippen LogP) is 3.81. The Bertz CT molecular complexity index is 985. The zero-order valence-electron chi connectivity index (χ0n) is 18.6. The fourth-order valence-corrected chi connectivity index (χ4v) is 4.71. The average molecular weight is 461 g/mol. The summed E-state index contributed by atoms with van der Waals surface area (Å²) >= 11 is 0. The molecule has 4 N–H and O–H groups in total. The normalized spacial score (nSPS) is 23.2. The van der Waals surface area contributed by atoms with Gasteiger partial charge in [0.05, 0.1) is 17.7 Å². The Labute approximate surface area is 192 Å². The Balaban J connectivity index is 1.44. The minimum atomic E-state index is -1.31. The molecule has 8 heteroatoms. The molecule has 33 heavy (non-hydrogen) atoms. The van der Waals surface area contributed by atoms with Crippen LogP contribution in [-0.4, -0.2) is 41.6 Å². The van der Waals surface area contributed by atoms with Crippen molar-refractivity contribution in [3.05, 3.63) is 70.8 Å². The first kappa shape index (κ1) is 23.6. The van der Waals surface area contributed by atoms with Crippen molar-refractivity contribution in [2.45, 2.75) is 62.3 Å². The topological polar surface area (TPSA) is 90.8 Å². The molecule has 1 saturated heterocycles. The highest BCUT2D eigenvalue weighted by atomic mass is 19.1. The van der Waals surface area contributed by atoms with E-state index < -0.39 is 29.9 Å². The van der Waals surface area contributed by atoms with E-state index in [1.165, 1.54) is 0 Å². The van der Waals surface area contributed by atoms with Crippen LogP contribution in [0.3, 0.4) is 0 Å². The van der Waals surface area contributed by atoms with Crippen LogP contribution in [0, 0.1) is 11.6 Å². The average Bonchev–Trinajstić information content (AvgIpc) is 3.43. The van der Waals surface area contributed by atoms with E-state index in [-0.39, 0.29) is 29.7 Å². The van der Waals surface area contributed by atoms with Gasteiger partial charge in [0.25, 0.3) is 0 Å². The van der Waals surface area contributed by atoms with Gasteiger partial charge in [-0.2, -0.15) is 0 Å². The second-order valence-electron chi connectivity index (χ2n) is 9.33. The van der Waals surface area contributed by atoms with Crippen molar-refractivity contribution in [1.29, 1.82) is 0 Å². The first-order chi connectivity index (χ1) is 15.7. The van der Waals surface area contributed by atoms with Gasteiger partial charge in [-0.1, -0.05) is 24.3 Å². The molecule has 6 nitrogen and oxygen atoms in total. The van der Waals surface area contributed by atoms with E-state index in [2.05, 4.69) is 35.8 Å². The molecule has 178 valence electrons. The van der Waals surface area contributed by atoms with Gasteiger partial charge in [-0.15, -0.1) is 0 Å². The van der Waals surface area contributed by atoms with Crippen LogP contribution in [0.15, 0.2) is 42.5 Å². The Morgan fingerprint density at radius 2 is 1.82 bits per heavy atom. The zero-order chi connectivity index (χ0) is 23.6. The summed E-state index contributed by atoms with van der Waals surface area (Å²) < 4.78 is 33.1. The third-order valence-electron chi connectivity index (χ3n) is 6.80. The van der Waals surface area contributed by atoms with Crippen molar-refractivity contribution in [1.82, 2.24) is 10.6 Å². The van der Waals surface area contributed by atoms with Gasteiger partial charge in [0, 0.05) is 24.8 Å². The Hall–Kier alpha value is -2.55. The molecule has 2 aromatic carbocycles. The van der Waals surface area contributed by atoms with Gasteiger partial charge in [-0.05, 0) is 67.9 Å². The second-order valence-corrected chi connectivity index (χ2v) is 9.33. The van der Waals surface area contributed by atoms with Crippen LogP contribution in [0.5, 0.6) is 0 Å². The lowest BCUT2D eigenvalue weighted by Crippen LogP contribution is -2.49. The molecule has 0 spiro atoms. The number of ether oxygens (including phenoxy) is 1.